The van der Waals surface area contributed by atoms with Gasteiger partial charge in [-0.25, -0.2) is 0 Å². The fourth-order valence-corrected chi connectivity index (χ4v) is 3.09. The van der Waals surface area contributed by atoms with E-state index in [4.69, 9.17) is 16.6 Å². The first-order chi connectivity index (χ1) is 12.5. The molecule has 0 aliphatic rings. The van der Waals surface area contributed by atoms with Gasteiger partial charge in [0.2, 0.25) is 0 Å². The van der Waals surface area contributed by atoms with Crippen LogP contribution < -0.4 is 10.6 Å². The van der Waals surface area contributed by atoms with Crippen molar-refractivity contribution < 1.29 is 9.21 Å². The van der Waals surface area contributed by atoms with Crippen LogP contribution in [0, 0.1) is 0 Å². The van der Waals surface area contributed by atoms with Crippen molar-refractivity contribution in [2.45, 2.75) is 6.54 Å². The smallest absolute Gasteiger partial charge is 0.257 e. The van der Waals surface area contributed by atoms with Gasteiger partial charge < -0.3 is 9.73 Å². The molecule has 26 heavy (non-hydrogen) atoms. The molecule has 0 saturated carbocycles. The molecule has 0 fully saturated rings. The Bertz CT molecular complexity index is 939. The molecule has 0 bridgehead atoms. The summed E-state index contributed by atoms with van der Waals surface area (Å²) in [5, 5.41) is 5.87. The van der Waals surface area contributed by atoms with Crippen molar-refractivity contribution in [3.8, 4) is 11.3 Å². The molecule has 0 aliphatic heterocycles. The monoisotopic (exact) mass is 492 g/mol. The number of amides is 1. The van der Waals surface area contributed by atoms with Crippen LogP contribution in [0.15, 0.2) is 74.0 Å². The first-order valence-electron chi connectivity index (χ1n) is 7.70. The number of thiocarbonyl (C=S) groups is 1. The third-order valence-corrected chi connectivity index (χ3v) is 4.80. The Hall–Kier alpha value is -1.96. The molecular weight excluding hydrogens is 480 g/mol. The van der Waals surface area contributed by atoms with Gasteiger partial charge in [-0.2, -0.15) is 0 Å². The first-order valence-corrected chi connectivity index (χ1v) is 9.70. The summed E-state index contributed by atoms with van der Waals surface area (Å²) >= 11 is 11.9. The molecular formula is C19H14Br2N2O2S. The average Bonchev–Trinajstić information content (AvgIpc) is 3.09. The highest BCUT2D eigenvalue weighted by Gasteiger charge is 2.09. The Kier molecular flexibility index (Phi) is 6.24. The Balaban J connectivity index is 1.55. The maximum absolute atomic E-state index is 12.1. The van der Waals surface area contributed by atoms with Gasteiger partial charge >= 0.3 is 0 Å². The average molecular weight is 494 g/mol. The summed E-state index contributed by atoms with van der Waals surface area (Å²) in [6.45, 7) is 0.383. The van der Waals surface area contributed by atoms with E-state index in [0.717, 1.165) is 26.0 Å². The molecule has 2 aromatic carbocycles. The molecule has 0 aliphatic carbocycles. The quantitative estimate of drug-likeness (QED) is 0.485. The molecule has 7 heteroatoms. The number of carbonyl (C=O) groups excluding carboxylic acids is 1. The summed E-state index contributed by atoms with van der Waals surface area (Å²) in [6.07, 6.45) is 0. The number of hydrogen-bond acceptors (Lipinski definition) is 3. The number of carbonyl (C=O) groups is 1. The summed E-state index contributed by atoms with van der Waals surface area (Å²) in [5.74, 6) is 1.24. The van der Waals surface area contributed by atoms with Crippen molar-refractivity contribution >= 4 is 55.1 Å². The molecule has 3 aromatic rings. The van der Waals surface area contributed by atoms with Crippen LogP contribution in [0.5, 0.6) is 0 Å². The lowest BCUT2D eigenvalue weighted by Gasteiger charge is -2.08. The lowest BCUT2D eigenvalue weighted by molar-refractivity contribution is 0.0976. The molecule has 0 radical (unpaired) electrons. The molecule has 3 rings (SSSR count). The van der Waals surface area contributed by atoms with Crippen LogP contribution in [0.4, 0.5) is 0 Å². The van der Waals surface area contributed by atoms with Gasteiger partial charge in [0.1, 0.15) is 11.5 Å². The van der Waals surface area contributed by atoms with Crippen LogP contribution in [0.2, 0.25) is 0 Å². The van der Waals surface area contributed by atoms with Crippen LogP contribution in [0.25, 0.3) is 11.3 Å². The second kappa shape index (κ2) is 8.62. The predicted molar refractivity (Wildman–Crippen MR) is 113 cm³/mol. The van der Waals surface area contributed by atoms with E-state index in [1.807, 2.05) is 42.5 Å². The molecule has 132 valence electrons. The maximum Gasteiger partial charge on any atom is 0.257 e. The van der Waals surface area contributed by atoms with Crippen molar-refractivity contribution in [1.82, 2.24) is 10.6 Å². The van der Waals surface area contributed by atoms with E-state index in [2.05, 4.69) is 42.5 Å². The number of furan rings is 1. The normalized spacial score (nSPS) is 10.4. The zero-order chi connectivity index (χ0) is 18.5. The number of rotatable bonds is 4. The highest BCUT2D eigenvalue weighted by Crippen LogP contribution is 2.23. The summed E-state index contributed by atoms with van der Waals surface area (Å²) in [7, 11) is 0. The van der Waals surface area contributed by atoms with Crippen molar-refractivity contribution in [3.63, 3.8) is 0 Å². The highest BCUT2D eigenvalue weighted by molar-refractivity contribution is 9.10. The SMILES string of the molecule is O=C(NC(=S)NCc1ccc(-c2ccc(Br)cc2)o1)c1cccc(Br)c1. The van der Waals surface area contributed by atoms with Crippen LogP contribution in [-0.2, 0) is 6.54 Å². The third-order valence-electron chi connectivity index (χ3n) is 3.53. The Morgan fingerprint density at radius 1 is 1.00 bits per heavy atom. The van der Waals surface area contributed by atoms with E-state index >= 15 is 0 Å². The van der Waals surface area contributed by atoms with Gasteiger partial charge in [0, 0.05) is 20.1 Å². The predicted octanol–water partition coefficient (Wildman–Crippen LogP) is 5.28. The van der Waals surface area contributed by atoms with Gasteiger partial charge in [-0.1, -0.05) is 50.1 Å². The van der Waals surface area contributed by atoms with Crippen LogP contribution in [-0.4, -0.2) is 11.0 Å². The Labute approximate surface area is 173 Å². The number of hydrogen-bond donors (Lipinski definition) is 2. The summed E-state index contributed by atoms with van der Waals surface area (Å²) in [4.78, 5) is 12.1. The first kappa shape index (κ1) is 18.8. The lowest BCUT2D eigenvalue weighted by Crippen LogP contribution is -2.38. The second-order valence-electron chi connectivity index (χ2n) is 5.42. The van der Waals surface area contributed by atoms with E-state index in [1.54, 1.807) is 18.2 Å². The lowest BCUT2D eigenvalue weighted by atomic mass is 10.2. The van der Waals surface area contributed by atoms with Gasteiger partial charge in [-0.05, 0) is 54.7 Å². The molecule has 1 amide bonds. The largest absolute Gasteiger partial charge is 0.459 e. The molecule has 1 aromatic heterocycles. The van der Waals surface area contributed by atoms with Gasteiger partial charge in [0.25, 0.3) is 5.91 Å². The fourth-order valence-electron chi connectivity index (χ4n) is 2.26. The second-order valence-corrected chi connectivity index (χ2v) is 7.66. The van der Waals surface area contributed by atoms with E-state index < -0.39 is 0 Å². The van der Waals surface area contributed by atoms with E-state index in [1.165, 1.54) is 0 Å². The van der Waals surface area contributed by atoms with Crippen molar-refractivity contribution in [3.05, 3.63) is 80.9 Å². The molecule has 0 atom stereocenters. The number of nitrogens with one attached hydrogen (secondary N) is 2. The summed E-state index contributed by atoms with van der Waals surface area (Å²) < 4.78 is 7.66. The minimum absolute atomic E-state index is 0.247. The molecule has 2 N–H and O–H groups in total. The van der Waals surface area contributed by atoms with E-state index in [-0.39, 0.29) is 11.0 Å². The van der Waals surface area contributed by atoms with Crippen molar-refractivity contribution in [1.29, 1.82) is 0 Å². The zero-order valence-corrected chi connectivity index (χ0v) is 17.4. The van der Waals surface area contributed by atoms with Crippen LogP contribution >= 0.6 is 44.1 Å². The topological polar surface area (TPSA) is 54.3 Å². The summed E-state index contributed by atoms with van der Waals surface area (Å²) in [6, 6.07) is 18.8. The molecule has 0 saturated heterocycles. The van der Waals surface area contributed by atoms with Crippen molar-refractivity contribution in [2.24, 2.45) is 0 Å². The van der Waals surface area contributed by atoms with Crippen LogP contribution in [0.1, 0.15) is 16.1 Å². The molecule has 0 spiro atoms. The zero-order valence-electron chi connectivity index (χ0n) is 13.5. The van der Waals surface area contributed by atoms with Crippen molar-refractivity contribution in [2.75, 3.05) is 0 Å². The minimum atomic E-state index is -0.265. The van der Waals surface area contributed by atoms with Gasteiger partial charge in [-0.3, -0.25) is 10.1 Å². The van der Waals surface area contributed by atoms with Gasteiger partial charge in [-0.15, -0.1) is 0 Å². The van der Waals surface area contributed by atoms with E-state index in [0.29, 0.717) is 12.1 Å². The Morgan fingerprint density at radius 2 is 1.77 bits per heavy atom. The Morgan fingerprint density at radius 3 is 2.50 bits per heavy atom. The molecule has 4 nitrogen and oxygen atoms in total. The highest BCUT2D eigenvalue weighted by atomic mass is 79.9. The minimum Gasteiger partial charge on any atom is -0.459 e. The number of benzene rings is 2. The standard InChI is InChI=1S/C19H14Br2N2O2S/c20-14-6-4-12(5-7-14)17-9-8-16(25-17)11-22-19(26)23-18(24)13-2-1-3-15(21)10-13/h1-10H,11H2,(H2,22,23,24,26). The third kappa shape index (κ3) is 5.03. The fraction of sp³-hybridized carbons (Fsp3) is 0.0526. The van der Waals surface area contributed by atoms with E-state index in [9.17, 15) is 4.79 Å². The van der Waals surface area contributed by atoms with Crippen LogP contribution in [0.3, 0.4) is 0 Å². The number of halogens is 2. The molecule has 0 unspecified atom stereocenters. The summed E-state index contributed by atoms with van der Waals surface area (Å²) in [5.41, 5.74) is 1.52. The maximum atomic E-state index is 12.1. The van der Waals surface area contributed by atoms with Gasteiger partial charge in [0.05, 0.1) is 6.54 Å². The van der Waals surface area contributed by atoms with Gasteiger partial charge in [0.15, 0.2) is 5.11 Å². The molecule has 1 heterocycles.